The number of rotatable bonds is 5. The Morgan fingerprint density at radius 3 is 2.72 bits per heavy atom. The van der Waals surface area contributed by atoms with Crippen molar-refractivity contribution in [3.63, 3.8) is 0 Å². The maximum atomic E-state index is 13.7. The first kappa shape index (κ1) is 19.3. The van der Waals surface area contributed by atoms with Gasteiger partial charge in [-0.3, -0.25) is 14.6 Å². The monoisotopic (exact) mass is 406 g/mol. The van der Waals surface area contributed by atoms with E-state index in [2.05, 4.69) is 23.0 Å². The smallest absolute Gasteiger partial charge is 0.267 e. The summed E-state index contributed by atoms with van der Waals surface area (Å²) in [6.45, 7) is 3.88. The molecule has 7 heteroatoms. The highest BCUT2D eigenvalue weighted by Gasteiger charge is 2.40. The zero-order valence-corrected chi connectivity index (χ0v) is 17.1. The number of nitrogens with zero attached hydrogens (tertiary/aromatic N) is 3. The minimum absolute atomic E-state index is 0.225. The number of thiazole rings is 1. The highest BCUT2D eigenvalue weighted by Crippen LogP contribution is 2.42. The Labute approximate surface area is 173 Å². The van der Waals surface area contributed by atoms with Gasteiger partial charge in [-0.25, -0.2) is 4.98 Å². The van der Waals surface area contributed by atoms with Crippen molar-refractivity contribution in [1.82, 2.24) is 14.9 Å². The average Bonchev–Trinajstić information content (AvgIpc) is 3.33. The molecule has 0 saturated heterocycles. The highest BCUT2D eigenvalue weighted by atomic mass is 32.1. The molecular formula is C22H22N4O2S. The Morgan fingerprint density at radius 1 is 1.24 bits per heavy atom. The second-order valence-electron chi connectivity index (χ2n) is 7.27. The van der Waals surface area contributed by atoms with Crippen LogP contribution in [-0.4, -0.2) is 26.7 Å². The molecule has 1 aliphatic carbocycles. The zero-order valence-electron chi connectivity index (χ0n) is 16.3. The van der Waals surface area contributed by atoms with Crippen LogP contribution >= 0.6 is 11.3 Å². The summed E-state index contributed by atoms with van der Waals surface area (Å²) in [5, 5.41) is 0. The van der Waals surface area contributed by atoms with Crippen molar-refractivity contribution in [2.45, 2.75) is 38.8 Å². The molecule has 2 heterocycles. The summed E-state index contributed by atoms with van der Waals surface area (Å²) in [5.74, 6) is -0.799. The second-order valence-corrected chi connectivity index (χ2v) is 8.12. The van der Waals surface area contributed by atoms with E-state index in [4.69, 9.17) is 5.73 Å². The fourth-order valence-electron chi connectivity index (χ4n) is 4.17. The summed E-state index contributed by atoms with van der Waals surface area (Å²) in [7, 11) is 0. The number of benzene rings is 1. The highest BCUT2D eigenvalue weighted by molar-refractivity contribution is 7.11. The number of hydrogen-bond acceptors (Lipinski definition) is 5. The third kappa shape index (κ3) is 3.42. The molecule has 2 atom stereocenters. The Balaban J connectivity index is 1.87. The number of hydrogen-bond donors (Lipinski definition) is 1. The number of nitrogens with two attached hydrogens (primary N) is 1. The molecule has 0 spiro atoms. The van der Waals surface area contributed by atoms with Gasteiger partial charge >= 0.3 is 0 Å². The minimum atomic E-state index is -0.908. The van der Waals surface area contributed by atoms with E-state index in [0.717, 1.165) is 18.4 Å². The molecule has 0 saturated carbocycles. The van der Waals surface area contributed by atoms with E-state index >= 15 is 0 Å². The Hall–Kier alpha value is -3.06. The number of carbonyl (C=O) groups excluding carboxylic acids is 2. The van der Waals surface area contributed by atoms with Crippen molar-refractivity contribution in [2.24, 2.45) is 5.73 Å². The van der Waals surface area contributed by atoms with Gasteiger partial charge in [-0.1, -0.05) is 24.3 Å². The molecule has 0 bridgehead atoms. The molecule has 1 aliphatic rings. The van der Waals surface area contributed by atoms with Crippen LogP contribution in [0.3, 0.4) is 0 Å². The van der Waals surface area contributed by atoms with Crippen LogP contribution in [0, 0.1) is 13.8 Å². The largest absolute Gasteiger partial charge is 0.368 e. The number of aromatic nitrogens is 2. The number of carbonyl (C=O) groups is 2. The van der Waals surface area contributed by atoms with Crippen LogP contribution in [0.15, 0.2) is 48.2 Å². The van der Waals surface area contributed by atoms with Crippen molar-refractivity contribution in [3.8, 4) is 0 Å². The van der Waals surface area contributed by atoms with Gasteiger partial charge in [0.25, 0.3) is 5.91 Å². The van der Waals surface area contributed by atoms with Gasteiger partial charge in [0.15, 0.2) is 0 Å². The fraction of sp³-hybridized carbons (Fsp3) is 0.273. The molecule has 0 aliphatic heterocycles. The first-order chi connectivity index (χ1) is 14.0. The van der Waals surface area contributed by atoms with Crippen LogP contribution in [0.5, 0.6) is 0 Å². The quantitative estimate of drug-likeness (QED) is 0.702. The SMILES string of the molecule is Cc1cccc2c1CC[C@H]2N(C(=O)c1scnc1C)[C@@H](C(N)=O)c1cccnc1. The zero-order chi connectivity index (χ0) is 20.5. The maximum Gasteiger partial charge on any atom is 0.267 e. The molecule has 148 valence electrons. The van der Waals surface area contributed by atoms with E-state index in [-0.39, 0.29) is 11.9 Å². The summed E-state index contributed by atoms with van der Waals surface area (Å²) in [4.78, 5) is 36.9. The molecule has 2 amide bonds. The van der Waals surface area contributed by atoms with Crippen LogP contribution < -0.4 is 5.73 Å². The molecule has 2 aromatic heterocycles. The van der Waals surface area contributed by atoms with E-state index in [0.29, 0.717) is 16.1 Å². The fourth-order valence-corrected chi connectivity index (χ4v) is 4.91. The lowest BCUT2D eigenvalue weighted by Gasteiger charge is -2.35. The third-order valence-electron chi connectivity index (χ3n) is 5.53. The van der Waals surface area contributed by atoms with Gasteiger partial charge in [-0.2, -0.15) is 0 Å². The van der Waals surface area contributed by atoms with Gasteiger partial charge in [-0.15, -0.1) is 11.3 Å². The van der Waals surface area contributed by atoms with Crippen molar-refractivity contribution < 1.29 is 9.59 Å². The number of fused-ring (bicyclic) bond motifs is 1. The number of amides is 2. The molecule has 6 nitrogen and oxygen atoms in total. The Kier molecular flexibility index (Phi) is 5.15. The molecule has 29 heavy (non-hydrogen) atoms. The van der Waals surface area contributed by atoms with Crippen molar-refractivity contribution in [3.05, 3.63) is 81.1 Å². The molecule has 3 aromatic rings. The molecule has 2 N–H and O–H groups in total. The van der Waals surface area contributed by atoms with Gasteiger partial charge in [0.2, 0.25) is 5.91 Å². The maximum absolute atomic E-state index is 13.7. The predicted molar refractivity (Wildman–Crippen MR) is 111 cm³/mol. The predicted octanol–water partition coefficient (Wildman–Crippen LogP) is 3.51. The number of primary amides is 1. The van der Waals surface area contributed by atoms with E-state index in [9.17, 15) is 9.59 Å². The number of pyridine rings is 1. The average molecular weight is 407 g/mol. The lowest BCUT2D eigenvalue weighted by Crippen LogP contribution is -2.43. The Morgan fingerprint density at radius 2 is 2.07 bits per heavy atom. The minimum Gasteiger partial charge on any atom is -0.368 e. The topological polar surface area (TPSA) is 89.2 Å². The summed E-state index contributed by atoms with van der Waals surface area (Å²) in [5.41, 5.74) is 12.3. The van der Waals surface area contributed by atoms with Gasteiger partial charge < -0.3 is 10.6 Å². The normalized spacial score (nSPS) is 16.3. The second kappa shape index (κ2) is 7.75. The summed E-state index contributed by atoms with van der Waals surface area (Å²) in [6.07, 6.45) is 4.83. The molecular weight excluding hydrogens is 384 g/mol. The van der Waals surface area contributed by atoms with Gasteiger partial charge in [0.05, 0.1) is 17.2 Å². The first-order valence-corrected chi connectivity index (χ1v) is 10.4. The van der Waals surface area contributed by atoms with Crippen LogP contribution in [0.25, 0.3) is 0 Å². The number of aryl methyl sites for hydroxylation is 2. The van der Waals surface area contributed by atoms with E-state index in [1.54, 1.807) is 41.9 Å². The van der Waals surface area contributed by atoms with Crippen LogP contribution in [0.1, 0.15) is 56.1 Å². The standard InChI is InChI=1S/C22H22N4O2S/c1-13-5-3-7-17-16(13)8-9-18(17)26(22(28)20-14(2)25-12-29-20)19(21(23)27)15-6-4-10-24-11-15/h3-7,10-12,18-19H,8-9H2,1-2H3,(H2,23,27)/t18-,19-/m1/s1. The van der Waals surface area contributed by atoms with Gasteiger partial charge in [0.1, 0.15) is 10.9 Å². The third-order valence-corrected chi connectivity index (χ3v) is 6.45. The van der Waals surface area contributed by atoms with Crippen molar-refractivity contribution in [1.29, 1.82) is 0 Å². The molecule has 0 fully saturated rings. The summed E-state index contributed by atoms with van der Waals surface area (Å²) < 4.78 is 0. The van der Waals surface area contributed by atoms with Crippen molar-refractivity contribution in [2.75, 3.05) is 0 Å². The lowest BCUT2D eigenvalue weighted by atomic mass is 9.98. The lowest BCUT2D eigenvalue weighted by molar-refractivity contribution is -0.123. The summed E-state index contributed by atoms with van der Waals surface area (Å²) in [6, 6.07) is 8.50. The first-order valence-electron chi connectivity index (χ1n) is 9.49. The van der Waals surface area contributed by atoms with Crippen LogP contribution in [0.4, 0.5) is 0 Å². The summed E-state index contributed by atoms with van der Waals surface area (Å²) >= 11 is 1.28. The van der Waals surface area contributed by atoms with E-state index in [1.165, 1.54) is 22.5 Å². The molecule has 4 rings (SSSR count). The van der Waals surface area contributed by atoms with Crippen molar-refractivity contribution >= 4 is 23.2 Å². The molecule has 0 unspecified atom stereocenters. The van der Waals surface area contributed by atoms with Gasteiger partial charge in [-0.05, 0) is 49.4 Å². The van der Waals surface area contributed by atoms with E-state index in [1.807, 2.05) is 12.1 Å². The Bertz CT molecular complexity index is 1060. The van der Waals surface area contributed by atoms with Gasteiger partial charge in [0, 0.05) is 18.0 Å². The van der Waals surface area contributed by atoms with Crippen LogP contribution in [0.2, 0.25) is 0 Å². The molecule has 1 aromatic carbocycles. The molecule has 0 radical (unpaired) electrons. The van der Waals surface area contributed by atoms with E-state index < -0.39 is 11.9 Å². The van der Waals surface area contributed by atoms with Crippen LogP contribution in [-0.2, 0) is 11.2 Å².